The Hall–Kier alpha value is -1.39. The van der Waals surface area contributed by atoms with Crippen molar-refractivity contribution >= 4 is 5.65 Å². The average molecular weight is 244 g/mol. The summed E-state index contributed by atoms with van der Waals surface area (Å²) in [6, 6.07) is 6.13. The minimum atomic E-state index is 1.05. The third-order valence-corrected chi connectivity index (χ3v) is 3.69. The molecule has 0 amide bonds. The van der Waals surface area contributed by atoms with E-state index in [1.807, 2.05) is 12.1 Å². The van der Waals surface area contributed by atoms with Crippen LogP contribution in [-0.2, 0) is 6.42 Å². The second-order valence-corrected chi connectivity index (χ2v) is 5.09. The van der Waals surface area contributed by atoms with Crippen molar-refractivity contribution in [1.29, 1.82) is 0 Å². The van der Waals surface area contributed by atoms with Crippen molar-refractivity contribution in [2.75, 3.05) is 39.8 Å². The van der Waals surface area contributed by atoms with Crippen molar-refractivity contribution in [2.45, 2.75) is 6.42 Å². The Morgan fingerprint density at radius 2 is 2.00 bits per heavy atom. The molecule has 1 fully saturated rings. The molecule has 2 aromatic rings. The Balaban J connectivity index is 1.59. The molecule has 0 radical (unpaired) electrons. The van der Waals surface area contributed by atoms with Crippen LogP contribution in [0.5, 0.6) is 0 Å². The molecule has 96 valence electrons. The van der Waals surface area contributed by atoms with E-state index in [-0.39, 0.29) is 0 Å². The molecule has 1 saturated heterocycles. The van der Waals surface area contributed by atoms with E-state index in [4.69, 9.17) is 0 Å². The molecule has 0 spiro atoms. The molecule has 2 aromatic heterocycles. The zero-order chi connectivity index (χ0) is 12.4. The van der Waals surface area contributed by atoms with E-state index in [2.05, 4.69) is 44.7 Å². The highest BCUT2D eigenvalue weighted by Gasteiger charge is 2.13. The predicted molar refractivity (Wildman–Crippen MR) is 72.8 cm³/mol. The maximum Gasteiger partial charge on any atom is 0.136 e. The summed E-state index contributed by atoms with van der Waals surface area (Å²) in [6.45, 7) is 5.86. The first-order valence-electron chi connectivity index (χ1n) is 6.65. The Morgan fingerprint density at radius 3 is 2.78 bits per heavy atom. The Bertz CT molecular complexity index is 478. The summed E-state index contributed by atoms with van der Waals surface area (Å²) in [4.78, 5) is 9.56. The van der Waals surface area contributed by atoms with Crippen LogP contribution in [0, 0.1) is 0 Å². The normalized spacial score (nSPS) is 18.5. The lowest BCUT2D eigenvalue weighted by Crippen LogP contribution is -2.45. The molecule has 0 atom stereocenters. The van der Waals surface area contributed by atoms with Gasteiger partial charge in [-0.05, 0) is 19.2 Å². The standard InChI is InChI=1S/C14H20N4/c1-16-8-10-17(11-9-16)7-5-13-12-18-6-3-2-4-14(18)15-13/h2-4,6,12H,5,7-11H2,1H3. The summed E-state index contributed by atoms with van der Waals surface area (Å²) in [6.07, 6.45) is 5.25. The minimum absolute atomic E-state index is 1.05. The maximum absolute atomic E-state index is 4.64. The van der Waals surface area contributed by atoms with Crippen LogP contribution in [0.4, 0.5) is 0 Å². The number of aromatic nitrogens is 2. The second-order valence-electron chi connectivity index (χ2n) is 5.09. The first-order valence-corrected chi connectivity index (χ1v) is 6.65. The lowest BCUT2D eigenvalue weighted by Gasteiger charge is -2.32. The fourth-order valence-electron chi connectivity index (χ4n) is 2.45. The first kappa shape index (κ1) is 11.7. The van der Waals surface area contributed by atoms with Gasteiger partial charge in [-0.15, -0.1) is 0 Å². The van der Waals surface area contributed by atoms with Gasteiger partial charge in [0.05, 0.1) is 5.69 Å². The number of hydrogen-bond acceptors (Lipinski definition) is 3. The molecule has 0 saturated carbocycles. The topological polar surface area (TPSA) is 23.8 Å². The fourth-order valence-corrected chi connectivity index (χ4v) is 2.45. The van der Waals surface area contributed by atoms with Crippen molar-refractivity contribution in [3.05, 3.63) is 36.3 Å². The summed E-state index contributed by atoms with van der Waals surface area (Å²) < 4.78 is 2.10. The van der Waals surface area contributed by atoms with Crippen LogP contribution in [0.3, 0.4) is 0 Å². The van der Waals surface area contributed by atoms with E-state index >= 15 is 0 Å². The highest BCUT2D eigenvalue weighted by Crippen LogP contribution is 2.07. The van der Waals surface area contributed by atoms with Crippen molar-refractivity contribution < 1.29 is 0 Å². The number of imidazole rings is 1. The van der Waals surface area contributed by atoms with Gasteiger partial charge in [-0.1, -0.05) is 6.07 Å². The monoisotopic (exact) mass is 244 g/mol. The van der Waals surface area contributed by atoms with Gasteiger partial charge < -0.3 is 14.2 Å². The Labute approximate surface area is 108 Å². The SMILES string of the molecule is CN1CCN(CCc2cn3ccccc3n2)CC1. The molecule has 3 rings (SSSR count). The Kier molecular flexibility index (Phi) is 3.30. The summed E-state index contributed by atoms with van der Waals surface area (Å²) >= 11 is 0. The molecule has 4 heteroatoms. The van der Waals surface area contributed by atoms with E-state index in [9.17, 15) is 0 Å². The average Bonchev–Trinajstić information content (AvgIpc) is 2.81. The number of nitrogens with zero attached hydrogens (tertiary/aromatic N) is 4. The molecular formula is C14H20N4. The predicted octanol–water partition coefficient (Wildman–Crippen LogP) is 1.12. The molecule has 0 aromatic carbocycles. The summed E-state index contributed by atoms with van der Waals surface area (Å²) in [5, 5.41) is 0. The lowest BCUT2D eigenvalue weighted by atomic mass is 10.2. The molecule has 3 heterocycles. The van der Waals surface area contributed by atoms with Gasteiger partial charge >= 0.3 is 0 Å². The molecule has 0 unspecified atom stereocenters. The smallest absolute Gasteiger partial charge is 0.136 e. The highest BCUT2D eigenvalue weighted by atomic mass is 15.2. The van der Waals surface area contributed by atoms with Crippen LogP contribution in [-0.4, -0.2) is 59.0 Å². The second kappa shape index (κ2) is 5.08. The zero-order valence-electron chi connectivity index (χ0n) is 10.9. The molecule has 0 N–H and O–H groups in total. The number of likely N-dealkylation sites (N-methyl/N-ethyl adjacent to an activating group) is 1. The molecule has 0 aliphatic carbocycles. The summed E-state index contributed by atoms with van der Waals surface area (Å²) in [7, 11) is 2.19. The van der Waals surface area contributed by atoms with Crippen LogP contribution in [0.1, 0.15) is 5.69 Å². The molecule has 18 heavy (non-hydrogen) atoms. The maximum atomic E-state index is 4.64. The summed E-state index contributed by atoms with van der Waals surface area (Å²) in [5.74, 6) is 0. The number of rotatable bonds is 3. The van der Waals surface area contributed by atoms with Crippen LogP contribution in [0.2, 0.25) is 0 Å². The molecule has 0 bridgehead atoms. The van der Waals surface area contributed by atoms with Crippen LogP contribution < -0.4 is 0 Å². The van der Waals surface area contributed by atoms with E-state index < -0.39 is 0 Å². The fraction of sp³-hybridized carbons (Fsp3) is 0.500. The summed E-state index contributed by atoms with van der Waals surface area (Å²) in [5.41, 5.74) is 2.24. The van der Waals surface area contributed by atoms with Gasteiger partial charge in [0.2, 0.25) is 0 Å². The van der Waals surface area contributed by atoms with Gasteiger partial charge in [0, 0.05) is 51.5 Å². The van der Waals surface area contributed by atoms with Crippen molar-refractivity contribution in [2.24, 2.45) is 0 Å². The van der Waals surface area contributed by atoms with E-state index in [1.54, 1.807) is 0 Å². The van der Waals surface area contributed by atoms with Crippen molar-refractivity contribution in [3.8, 4) is 0 Å². The van der Waals surface area contributed by atoms with Gasteiger partial charge in [-0.25, -0.2) is 4.98 Å². The van der Waals surface area contributed by atoms with Gasteiger partial charge in [-0.3, -0.25) is 0 Å². The van der Waals surface area contributed by atoms with Gasteiger partial charge in [0.15, 0.2) is 0 Å². The van der Waals surface area contributed by atoms with E-state index in [1.165, 1.54) is 31.9 Å². The molecule has 4 nitrogen and oxygen atoms in total. The van der Waals surface area contributed by atoms with Gasteiger partial charge in [-0.2, -0.15) is 0 Å². The number of piperazine rings is 1. The molecule has 1 aliphatic rings. The Morgan fingerprint density at radius 1 is 1.17 bits per heavy atom. The quantitative estimate of drug-likeness (QED) is 0.808. The zero-order valence-corrected chi connectivity index (χ0v) is 10.9. The number of fused-ring (bicyclic) bond motifs is 1. The van der Waals surface area contributed by atoms with Gasteiger partial charge in [0.25, 0.3) is 0 Å². The number of pyridine rings is 1. The van der Waals surface area contributed by atoms with Crippen molar-refractivity contribution in [1.82, 2.24) is 19.2 Å². The third-order valence-electron chi connectivity index (χ3n) is 3.69. The van der Waals surface area contributed by atoms with E-state index in [0.29, 0.717) is 0 Å². The van der Waals surface area contributed by atoms with E-state index in [0.717, 1.165) is 18.6 Å². The number of hydrogen-bond donors (Lipinski definition) is 0. The van der Waals surface area contributed by atoms with Crippen molar-refractivity contribution in [3.63, 3.8) is 0 Å². The highest BCUT2D eigenvalue weighted by molar-refractivity contribution is 5.39. The molecular weight excluding hydrogens is 224 g/mol. The lowest BCUT2D eigenvalue weighted by molar-refractivity contribution is 0.155. The largest absolute Gasteiger partial charge is 0.307 e. The molecule has 1 aliphatic heterocycles. The van der Waals surface area contributed by atoms with Crippen LogP contribution >= 0.6 is 0 Å². The van der Waals surface area contributed by atoms with Gasteiger partial charge in [0.1, 0.15) is 5.65 Å². The van der Waals surface area contributed by atoms with Crippen LogP contribution in [0.25, 0.3) is 5.65 Å². The third kappa shape index (κ3) is 2.54. The minimum Gasteiger partial charge on any atom is -0.307 e. The first-order chi connectivity index (χ1) is 8.81. The van der Waals surface area contributed by atoms with Crippen LogP contribution in [0.15, 0.2) is 30.6 Å².